The average molecular weight is 463 g/mol. The number of rotatable bonds is 6. The molecule has 34 heavy (non-hydrogen) atoms. The minimum absolute atomic E-state index is 0.0581. The standard InChI is InChI=1S/C22H22FN9O2/c1-13-19(23)16(7-9-25-13)30-21-26-10-6-15(29-21)14-4-3-5-18(28-14)27-12-17(31-24)22(34)8-11-32(2)20(22)33/h3-7,9-10,12,34H,8,11,24H2,1-2H3,(H,25,26,29,30)/b27-12+,31-17+. The molecule has 0 saturated carbocycles. The van der Waals surface area contributed by atoms with Gasteiger partial charge in [0, 0.05) is 32.4 Å². The number of nitrogens with two attached hydrogens (primary N) is 1. The summed E-state index contributed by atoms with van der Waals surface area (Å²) < 4.78 is 14.3. The quantitative estimate of drug-likeness (QED) is 0.284. The van der Waals surface area contributed by atoms with Crippen molar-refractivity contribution in [2.24, 2.45) is 15.9 Å². The highest BCUT2D eigenvalue weighted by Gasteiger charge is 2.47. The molecule has 11 nitrogen and oxygen atoms in total. The second kappa shape index (κ2) is 9.27. The fourth-order valence-corrected chi connectivity index (χ4v) is 3.43. The Bertz CT molecular complexity index is 1300. The number of aromatic nitrogens is 4. The van der Waals surface area contributed by atoms with E-state index in [1.54, 1.807) is 38.2 Å². The van der Waals surface area contributed by atoms with Crippen molar-refractivity contribution < 1.29 is 14.3 Å². The highest BCUT2D eigenvalue weighted by Crippen LogP contribution is 2.24. The highest BCUT2D eigenvalue weighted by molar-refractivity contribution is 6.40. The molecule has 4 N–H and O–H groups in total. The lowest BCUT2D eigenvalue weighted by Gasteiger charge is -2.19. The summed E-state index contributed by atoms with van der Waals surface area (Å²) in [7, 11) is 1.59. The summed E-state index contributed by atoms with van der Waals surface area (Å²) in [6, 6.07) is 8.22. The number of hydrazone groups is 1. The zero-order chi connectivity index (χ0) is 24.3. The Morgan fingerprint density at radius 3 is 2.74 bits per heavy atom. The Balaban J connectivity index is 1.56. The van der Waals surface area contributed by atoms with Crippen LogP contribution in [0.5, 0.6) is 0 Å². The number of anilines is 2. The van der Waals surface area contributed by atoms with E-state index in [0.29, 0.717) is 17.9 Å². The molecular weight excluding hydrogens is 441 g/mol. The van der Waals surface area contributed by atoms with Crippen LogP contribution in [0.1, 0.15) is 12.1 Å². The van der Waals surface area contributed by atoms with Gasteiger partial charge < -0.3 is 21.2 Å². The molecule has 1 aliphatic heterocycles. The third-order valence-corrected chi connectivity index (χ3v) is 5.35. The summed E-state index contributed by atoms with van der Waals surface area (Å²) in [4.78, 5) is 34.8. The van der Waals surface area contributed by atoms with E-state index in [0.717, 1.165) is 0 Å². The molecule has 1 amide bonds. The number of nitrogens with one attached hydrogen (secondary N) is 1. The number of likely N-dealkylation sites (N-methyl/N-ethyl adjacent to an activating group) is 1. The maximum Gasteiger partial charge on any atom is 0.260 e. The fourth-order valence-electron chi connectivity index (χ4n) is 3.43. The van der Waals surface area contributed by atoms with Gasteiger partial charge in [0.1, 0.15) is 5.71 Å². The third-order valence-electron chi connectivity index (χ3n) is 5.35. The van der Waals surface area contributed by atoms with Crippen molar-refractivity contribution in [3.05, 3.63) is 54.2 Å². The van der Waals surface area contributed by atoms with Gasteiger partial charge in [-0.05, 0) is 31.2 Å². The van der Waals surface area contributed by atoms with Gasteiger partial charge in [0.25, 0.3) is 5.91 Å². The van der Waals surface area contributed by atoms with E-state index in [2.05, 4.69) is 35.3 Å². The number of hydrogen-bond donors (Lipinski definition) is 3. The third kappa shape index (κ3) is 4.43. The molecule has 0 aromatic carbocycles. The minimum Gasteiger partial charge on any atom is -0.374 e. The van der Waals surface area contributed by atoms with Crippen molar-refractivity contribution in [3.8, 4) is 11.4 Å². The van der Waals surface area contributed by atoms with Crippen LogP contribution in [0.15, 0.2) is 52.8 Å². The fraction of sp³-hybridized carbons (Fsp3) is 0.227. The largest absolute Gasteiger partial charge is 0.374 e. The Labute approximate surface area is 194 Å². The summed E-state index contributed by atoms with van der Waals surface area (Å²) in [5, 5.41) is 17.1. The van der Waals surface area contributed by atoms with Crippen LogP contribution in [0.2, 0.25) is 0 Å². The molecule has 3 aromatic heterocycles. The van der Waals surface area contributed by atoms with Gasteiger partial charge in [0.2, 0.25) is 5.95 Å². The average Bonchev–Trinajstić information content (AvgIpc) is 3.11. The zero-order valence-electron chi connectivity index (χ0n) is 18.5. The summed E-state index contributed by atoms with van der Waals surface area (Å²) in [5.74, 6) is 4.90. The molecule has 0 spiro atoms. The van der Waals surface area contributed by atoms with Crippen LogP contribution in [0.25, 0.3) is 11.4 Å². The molecule has 3 aromatic rings. The minimum atomic E-state index is -1.82. The predicted molar refractivity (Wildman–Crippen MR) is 124 cm³/mol. The number of hydrogen-bond acceptors (Lipinski definition) is 10. The van der Waals surface area contributed by atoms with E-state index in [1.807, 2.05) is 0 Å². The molecule has 1 saturated heterocycles. The molecule has 0 radical (unpaired) electrons. The number of amides is 1. The second-order valence-corrected chi connectivity index (χ2v) is 7.64. The van der Waals surface area contributed by atoms with Gasteiger partial charge in [-0.1, -0.05) is 6.07 Å². The van der Waals surface area contributed by atoms with Crippen LogP contribution in [0.3, 0.4) is 0 Å². The Kier molecular flexibility index (Phi) is 6.23. The zero-order valence-corrected chi connectivity index (χ0v) is 18.5. The monoisotopic (exact) mass is 463 g/mol. The van der Waals surface area contributed by atoms with Crippen molar-refractivity contribution in [2.45, 2.75) is 18.9 Å². The molecule has 1 atom stereocenters. The molecule has 1 aliphatic rings. The van der Waals surface area contributed by atoms with E-state index in [9.17, 15) is 14.3 Å². The lowest BCUT2D eigenvalue weighted by molar-refractivity contribution is -0.136. The van der Waals surface area contributed by atoms with Gasteiger partial charge in [-0.3, -0.25) is 9.78 Å². The van der Waals surface area contributed by atoms with Crippen molar-refractivity contribution in [1.29, 1.82) is 0 Å². The van der Waals surface area contributed by atoms with E-state index < -0.39 is 17.3 Å². The normalized spacial score (nSPS) is 18.6. The van der Waals surface area contributed by atoms with Crippen molar-refractivity contribution in [1.82, 2.24) is 24.8 Å². The number of halogens is 1. The summed E-state index contributed by atoms with van der Waals surface area (Å²) in [6.07, 6.45) is 4.39. The summed E-state index contributed by atoms with van der Waals surface area (Å²) in [5.41, 5.74) is -0.470. The van der Waals surface area contributed by atoms with Crippen LogP contribution in [0, 0.1) is 12.7 Å². The van der Waals surface area contributed by atoms with Crippen molar-refractivity contribution in [2.75, 3.05) is 18.9 Å². The maximum absolute atomic E-state index is 14.3. The first-order valence-electron chi connectivity index (χ1n) is 10.3. The topological polar surface area (TPSA) is 155 Å². The Hall–Kier alpha value is -4.32. The first-order valence-corrected chi connectivity index (χ1v) is 10.3. The first kappa shape index (κ1) is 22.9. The van der Waals surface area contributed by atoms with E-state index in [4.69, 9.17) is 5.84 Å². The van der Waals surface area contributed by atoms with Gasteiger partial charge in [-0.15, -0.1) is 0 Å². The van der Waals surface area contributed by atoms with Gasteiger partial charge in [0.15, 0.2) is 17.2 Å². The molecule has 174 valence electrons. The van der Waals surface area contributed by atoms with Gasteiger partial charge in [-0.25, -0.2) is 24.3 Å². The Morgan fingerprint density at radius 1 is 1.24 bits per heavy atom. The lowest BCUT2D eigenvalue weighted by Crippen LogP contribution is -2.47. The predicted octanol–water partition coefficient (Wildman–Crippen LogP) is 1.73. The summed E-state index contributed by atoms with van der Waals surface area (Å²) in [6.45, 7) is 1.94. The molecule has 0 aliphatic carbocycles. The molecular formula is C22H22FN9O2. The Morgan fingerprint density at radius 2 is 2.00 bits per heavy atom. The van der Waals surface area contributed by atoms with Gasteiger partial charge in [0.05, 0.1) is 29.0 Å². The molecule has 1 unspecified atom stereocenters. The van der Waals surface area contributed by atoms with Crippen molar-refractivity contribution in [3.63, 3.8) is 0 Å². The number of carbonyl (C=O) groups is 1. The van der Waals surface area contributed by atoms with Crippen LogP contribution >= 0.6 is 0 Å². The number of pyridine rings is 2. The highest BCUT2D eigenvalue weighted by atomic mass is 19.1. The van der Waals surface area contributed by atoms with E-state index >= 15 is 0 Å². The van der Waals surface area contributed by atoms with Crippen LogP contribution < -0.4 is 11.2 Å². The van der Waals surface area contributed by atoms with Crippen molar-refractivity contribution >= 4 is 35.3 Å². The van der Waals surface area contributed by atoms with Crippen LogP contribution in [-0.2, 0) is 4.79 Å². The molecule has 1 fully saturated rings. The SMILES string of the molecule is Cc1nccc(Nc2nccc(-c3cccc(/N=C/C(=N\N)C4(O)CCN(C)C4=O)n3)n2)c1F. The van der Waals surface area contributed by atoms with Crippen LogP contribution in [-0.4, -0.2) is 67.0 Å². The molecule has 4 rings (SSSR count). The maximum atomic E-state index is 14.3. The number of aliphatic hydroxyl groups is 1. The first-order chi connectivity index (χ1) is 16.3. The number of aryl methyl sites for hydroxylation is 1. The number of aliphatic imine (C=N–C) groups is 1. The van der Waals surface area contributed by atoms with Gasteiger partial charge >= 0.3 is 0 Å². The summed E-state index contributed by atoms with van der Waals surface area (Å²) >= 11 is 0. The second-order valence-electron chi connectivity index (χ2n) is 7.64. The number of carbonyl (C=O) groups excluding carboxylic acids is 1. The smallest absolute Gasteiger partial charge is 0.260 e. The molecule has 4 heterocycles. The lowest BCUT2D eigenvalue weighted by atomic mass is 9.96. The molecule has 0 bridgehead atoms. The van der Waals surface area contributed by atoms with E-state index in [1.165, 1.54) is 29.6 Å². The number of likely N-dealkylation sites (tertiary alicyclic amines) is 1. The van der Waals surface area contributed by atoms with E-state index in [-0.39, 0.29) is 35.3 Å². The van der Waals surface area contributed by atoms with Gasteiger partial charge in [-0.2, -0.15) is 5.10 Å². The number of nitrogens with zero attached hydrogens (tertiary/aromatic N) is 7. The van der Waals surface area contributed by atoms with Crippen LogP contribution in [0.4, 0.5) is 21.8 Å². The molecule has 12 heteroatoms.